The molecular formula is C18H27NO2. The van der Waals surface area contributed by atoms with Crippen LogP contribution in [-0.2, 0) is 11.2 Å². The van der Waals surface area contributed by atoms with Crippen molar-refractivity contribution in [3.8, 4) is 0 Å². The number of carbonyl (C=O) groups is 1. The molecule has 2 rings (SSSR count). The van der Waals surface area contributed by atoms with E-state index in [-0.39, 0.29) is 0 Å². The molecule has 1 aliphatic heterocycles. The Kier molecular flexibility index (Phi) is 5.40. The molecule has 1 aliphatic rings. The smallest absolute Gasteiger partial charge is 0.310 e. The molecule has 2 atom stereocenters. The second kappa shape index (κ2) is 7.08. The van der Waals surface area contributed by atoms with E-state index < -0.39 is 11.4 Å². The first-order valence-electron chi connectivity index (χ1n) is 8.09. The first-order valence-corrected chi connectivity index (χ1v) is 8.09. The van der Waals surface area contributed by atoms with Gasteiger partial charge in [0.2, 0.25) is 0 Å². The fourth-order valence-corrected chi connectivity index (χ4v) is 3.59. The van der Waals surface area contributed by atoms with Crippen molar-refractivity contribution in [3.63, 3.8) is 0 Å². The molecule has 1 heterocycles. The van der Waals surface area contributed by atoms with Crippen LogP contribution < -0.4 is 0 Å². The van der Waals surface area contributed by atoms with Crippen LogP contribution >= 0.6 is 0 Å². The van der Waals surface area contributed by atoms with Crippen LogP contribution in [0.2, 0.25) is 0 Å². The van der Waals surface area contributed by atoms with E-state index in [1.165, 1.54) is 5.56 Å². The molecule has 0 amide bonds. The van der Waals surface area contributed by atoms with E-state index in [1.54, 1.807) is 0 Å². The Morgan fingerprint density at radius 2 is 2.10 bits per heavy atom. The van der Waals surface area contributed by atoms with Crippen LogP contribution in [0.15, 0.2) is 30.3 Å². The zero-order valence-electron chi connectivity index (χ0n) is 13.2. The summed E-state index contributed by atoms with van der Waals surface area (Å²) in [5, 5.41) is 9.68. The lowest BCUT2D eigenvalue weighted by atomic mass is 9.76. The number of likely N-dealkylation sites (tertiary alicyclic amines) is 1. The van der Waals surface area contributed by atoms with Crippen LogP contribution in [0.4, 0.5) is 0 Å². The molecule has 0 radical (unpaired) electrons. The Labute approximate surface area is 128 Å². The Morgan fingerprint density at radius 1 is 1.38 bits per heavy atom. The first-order chi connectivity index (χ1) is 10.1. The summed E-state index contributed by atoms with van der Waals surface area (Å²) in [4.78, 5) is 14.1. The highest BCUT2D eigenvalue weighted by Crippen LogP contribution is 2.36. The molecule has 21 heavy (non-hydrogen) atoms. The minimum atomic E-state index is -0.610. The largest absolute Gasteiger partial charge is 0.481 e. The first kappa shape index (κ1) is 16.0. The maximum absolute atomic E-state index is 11.8. The summed E-state index contributed by atoms with van der Waals surface area (Å²) in [5.41, 5.74) is 0.796. The molecule has 1 fully saturated rings. The molecule has 1 aromatic carbocycles. The zero-order valence-corrected chi connectivity index (χ0v) is 13.2. The number of hydrogen-bond acceptors (Lipinski definition) is 2. The normalized spacial score (nSPS) is 24.7. The van der Waals surface area contributed by atoms with Crippen molar-refractivity contribution in [2.45, 2.75) is 52.0 Å². The van der Waals surface area contributed by atoms with Gasteiger partial charge in [0.1, 0.15) is 0 Å². The minimum Gasteiger partial charge on any atom is -0.481 e. The molecular weight excluding hydrogens is 262 g/mol. The molecule has 0 spiro atoms. The predicted octanol–water partition coefficient (Wildman–Crippen LogP) is 3.58. The summed E-state index contributed by atoms with van der Waals surface area (Å²) < 4.78 is 0. The van der Waals surface area contributed by atoms with Crippen molar-refractivity contribution in [2.75, 3.05) is 13.1 Å². The molecule has 1 saturated heterocycles. The van der Waals surface area contributed by atoms with Crippen LogP contribution in [0.1, 0.15) is 45.1 Å². The highest BCUT2D eigenvalue weighted by Gasteiger charge is 2.42. The van der Waals surface area contributed by atoms with Gasteiger partial charge in [-0.1, -0.05) is 43.7 Å². The highest BCUT2D eigenvalue weighted by atomic mass is 16.4. The van der Waals surface area contributed by atoms with Crippen molar-refractivity contribution >= 4 is 5.97 Å². The van der Waals surface area contributed by atoms with Crippen molar-refractivity contribution in [2.24, 2.45) is 5.41 Å². The number of aliphatic carboxylic acids is 1. The van der Waals surface area contributed by atoms with Crippen molar-refractivity contribution in [3.05, 3.63) is 35.9 Å². The topological polar surface area (TPSA) is 40.5 Å². The molecule has 2 unspecified atom stereocenters. The summed E-state index contributed by atoms with van der Waals surface area (Å²) in [5.74, 6) is -0.610. The lowest BCUT2D eigenvalue weighted by Crippen LogP contribution is -2.51. The summed E-state index contributed by atoms with van der Waals surface area (Å²) in [7, 11) is 0. The molecule has 1 N–H and O–H groups in total. The van der Waals surface area contributed by atoms with Gasteiger partial charge in [0.25, 0.3) is 0 Å². The number of carboxylic acid groups (broad SMARTS) is 1. The van der Waals surface area contributed by atoms with Gasteiger partial charge in [0.05, 0.1) is 5.41 Å². The van der Waals surface area contributed by atoms with Gasteiger partial charge in [0.15, 0.2) is 0 Å². The number of hydrogen-bond donors (Lipinski definition) is 1. The Balaban J connectivity index is 2.04. The van der Waals surface area contributed by atoms with Crippen molar-refractivity contribution in [1.82, 2.24) is 4.90 Å². The lowest BCUT2D eigenvalue weighted by Gasteiger charge is -2.42. The van der Waals surface area contributed by atoms with Crippen LogP contribution in [-0.4, -0.2) is 35.1 Å². The summed E-state index contributed by atoms with van der Waals surface area (Å²) in [6.07, 6.45) is 4.53. The van der Waals surface area contributed by atoms with E-state index >= 15 is 0 Å². The average Bonchev–Trinajstić information content (AvgIpc) is 2.48. The standard InChI is InChI=1S/C18H27NO2/c1-3-10-18(17(20)21)11-7-12-19(14-18)15(2)13-16-8-5-4-6-9-16/h4-6,8-9,15H,3,7,10-14H2,1-2H3,(H,20,21). The lowest BCUT2D eigenvalue weighted by molar-refractivity contribution is -0.153. The molecule has 0 bridgehead atoms. The Morgan fingerprint density at radius 3 is 2.71 bits per heavy atom. The van der Waals surface area contributed by atoms with Crippen molar-refractivity contribution in [1.29, 1.82) is 0 Å². The Hall–Kier alpha value is -1.35. The van der Waals surface area contributed by atoms with E-state index in [0.717, 1.165) is 38.6 Å². The average molecular weight is 289 g/mol. The van der Waals surface area contributed by atoms with Gasteiger partial charge < -0.3 is 5.11 Å². The van der Waals surface area contributed by atoms with Gasteiger partial charge in [-0.2, -0.15) is 0 Å². The fourth-order valence-electron chi connectivity index (χ4n) is 3.59. The van der Waals surface area contributed by atoms with Gasteiger partial charge in [-0.05, 0) is 44.7 Å². The van der Waals surface area contributed by atoms with Gasteiger partial charge in [-0.25, -0.2) is 0 Å². The minimum absolute atomic E-state index is 0.392. The monoisotopic (exact) mass is 289 g/mol. The molecule has 0 aliphatic carbocycles. The third kappa shape index (κ3) is 3.85. The molecule has 0 saturated carbocycles. The predicted molar refractivity (Wildman–Crippen MR) is 85.4 cm³/mol. The number of nitrogens with zero attached hydrogens (tertiary/aromatic N) is 1. The van der Waals surface area contributed by atoms with E-state index in [2.05, 4.69) is 43.0 Å². The van der Waals surface area contributed by atoms with Crippen LogP contribution in [0.3, 0.4) is 0 Å². The molecule has 3 nitrogen and oxygen atoms in total. The molecule has 1 aromatic rings. The third-order valence-electron chi connectivity index (χ3n) is 4.79. The number of benzene rings is 1. The van der Waals surface area contributed by atoms with Gasteiger partial charge >= 0.3 is 5.97 Å². The van der Waals surface area contributed by atoms with Gasteiger partial charge in [0, 0.05) is 12.6 Å². The van der Waals surface area contributed by atoms with E-state index in [4.69, 9.17) is 0 Å². The van der Waals surface area contributed by atoms with Crippen LogP contribution in [0, 0.1) is 5.41 Å². The molecule has 0 aromatic heterocycles. The Bertz CT molecular complexity index is 456. The summed E-state index contributed by atoms with van der Waals surface area (Å²) in [6, 6.07) is 10.9. The van der Waals surface area contributed by atoms with Crippen molar-refractivity contribution < 1.29 is 9.90 Å². The van der Waals surface area contributed by atoms with E-state index in [0.29, 0.717) is 12.6 Å². The number of carboxylic acids is 1. The molecule has 116 valence electrons. The van der Waals surface area contributed by atoms with Gasteiger partial charge in [-0.3, -0.25) is 9.69 Å². The quantitative estimate of drug-likeness (QED) is 0.870. The number of piperidine rings is 1. The summed E-state index contributed by atoms with van der Waals surface area (Å²) in [6.45, 7) is 6.02. The van der Waals surface area contributed by atoms with Crippen LogP contribution in [0.5, 0.6) is 0 Å². The second-order valence-electron chi connectivity index (χ2n) is 6.45. The zero-order chi connectivity index (χ0) is 15.3. The van der Waals surface area contributed by atoms with Gasteiger partial charge in [-0.15, -0.1) is 0 Å². The molecule has 3 heteroatoms. The van der Waals surface area contributed by atoms with E-state index in [1.807, 2.05) is 6.07 Å². The fraction of sp³-hybridized carbons (Fsp3) is 0.611. The second-order valence-corrected chi connectivity index (χ2v) is 6.45. The highest BCUT2D eigenvalue weighted by molar-refractivity contribution is 5.75. The maximum atomic E-state index is 11.8. The SMILES string of the molecule is CCCC1(C(=O)O)CCCN(C(C)Cc2ccccc2)C1. The van der Waals surface area contributed by atoms with E-state index in [9.17, 15) is 9.90 Å². The third-order valence-corrected chi connectivity index (χ3v) is 4.79. The summed E-state index contributed by atoms with van der Waals surface area (Å²) >= 11 is 0. The van der Waals surface area contributed by atoms with Crippen LogP contribution in [0.25, 0.3) is 0 Å². The number of rotatable bonds is 6. The maximum Gasteiger partial charge on any atom is 0.310 e.